The molecule has 1 amide bonds. The highest BCUT2D eigenvalue weighted by Gasteiger charge is 2.20. The fraction of sp³-hybridized carbons (Fsp3) is 0.429. The fourth-order valence-corrected chi connectivity index (χ4v) is 1.62. The molecule has 0 heterocycles. The maximum absolute atomic E-state index is 12.0. The molecule has 7 heteroatoms. The summed E-state index contributed by atoms with van der Waals surface area (Å²) in [5.41, 5.74) is 0.224. The van der Waals surface area contributed by atoms with E-state index in [2.05, 4.69) is 5.32 Å². The molecule has 0 saturated heterocycles. The number of nitrogens with one attached hydrogen (secondary N) is 1. The van der Waals surface area contributed by atoms with Crippen molar-refractivity contribution in [1.82, 2.24) is 5.32 Å². The Morgan fingerprint density at radius 1 is 1.19 bits per heavy atom. The minimum atomic E-state index is -1.35. The number of aliphatic hydroxyl groups excluding tert-OH is 1. The van der Waals surface area contributed by atoms with Crippen molar-refractivity contribution in [3.63, 3.8) is 0 Å². The van der Waals surface area contributed by atoms with Crippen LogP contribution in [0.15, 0.2) is 18.2 Å². The van der Waals surface area contributed by atoms with Crippen LogP contribution in [0.2, 0.25) is 0 Å². The van der Waals surface area contributed by atoms with Gasteiger partial charge in [-0.05, 0) is 32.0 Å². The van der Waals surface area contributed by atoms with Crippen LogP contribution in [0.25, 0.3) is 0 Å². The Labute approximate surface area is 122 Å². The zero-order valence-electron chi connectivity index (χ0n) is 12.0. The highest BCUT2D eigenvalue weighted by molar-refractivity contribution is 5.97. The van der Waals surface area contributed by atoms with Crippen molar-refractivity contribution in [3.8, 4) is 11.5 Å². The van der Waals surface area contributed by atoms with Gasteiger partial charge in [0.25, 0.3) is 5.91 Å². The van der Waals surface area contributed by atoms with Crippen molar-refractivity contribution in [2.75, 3.05) is 19.8 Å². The van der Waals surface area contributed by atoms with Gasteiger partial charge in [-0.15, -0.1) is 0 Å². The van der Waals surface area contributed by atoms with Gasteiger partial charge in [0.05, 0.1) is 19.8 Å². The molecule has 0 aliphatic heterocycles. The summed E-state index contributed by atoms with van der Waals surface area (Å²) in [7, 11) is 0. The highest BCUT2D eigenvalue weighted by atomic mass is 16.5. The van der Waals surface area contributed by atoms with Crippen LogP contribution < -0.4 is 14.8 Å². The van der Waals surface area contributed by atoms with E-state index in [4.69, 9.17) is 19.7 Å². The van der Waals surface area contributed by atoms with Crippen LogP contribution in [0.4, 0.5) is 0 Å². The van der Waals surface area contributed by atoms with Crippen molar-refractivity contribution < 1.29 is 29.3 Å². The van der Waals surface area contributed by atoms with E-state index in [-0.39, 0.29) is 5.56 Å². The molecule has 0 fully saturated rings. The van der Waals surface area contributed by atoms with Gasteiger partial charge in [-0.2, -0.15) is 0 Å². The molecule has 0 saturated carbocycles. The average Bonchev–Trinajstić information content (AvgIpc) is 2.46. The second kappa shape index (κ2) is 8.11. The monoisotopic (exact) mass is 297 g/mol. The number of carboxylic acids is 1. The standard InChI is InChI=1S/C14H19NO6/c1-3-20-11-6-5-9(7-12(11)21-4-2)13(17)15-10(8-16)14(18)19/h5-7,10,16H,3-4,8H2,1-2H3,(H,15,17)(H,18,19)/t10-/m0/s1. The highest BCUT2D eigenvalue weighted by Crippen LogP contribution is 2.28. The molecule has 0 bridgehead atoms. The van der Waals surface area contributed by atoms with E-state index < -0.39 is 24.5 Å². The van der Waals surface area contributed by atoms with Crippen molar-refractivity contribution in [3.05, 3.63) is 23.8 Å². The lowest BCUT2D eigenvalue weighted by atomic mass is 10.1. The quantitative estimate of drug-likeness (QED) is 0.651. The number of aliphatic carboxylic acids is 1. The van der Waals surface area contributed by atoms with Crippen LogP contribution in [-0.4, -0.2) is 48.0 Å². The summed E-state index contributed by atoms with van der Waals surface area (Å²) in [5.74, 6) is -1.00. The van der Waals surface area contributed by atoms with E-state index in [9.17, 15) is 9.59 Å². The Kier molecular flexibility index (Phi) is 6.48. The third kappa shape index (κ3) is 4.64. The third-order valence-corrected chi connectivity index (χ3v) is 2.59. The van der Waals surface area contributed by atoms with Crippen LogP contribution in [0.1, 0.15) is 24.2 Å². The summed E-state index contributed by atoms with van der Waals surface area (Å²) in [4.78, 5) is 22.7. The van der Waals surface area contributed by atoms with Gasteiger partial charge < -0.3 is 25.0 Å². The number of rotatable bonds is 8. The molecule has 1 aromatic rings. The number of carbonyl (C=O) groups is 2. The summed E-state index contributed by atoms with van der Waals surface area (Å²) in [6, 6.07) is 3.21. The number of hydrogen-bond donors (Lipinski definition) is 3. The Morgan fingerprint density at radius 3 is 2.33 bits per heavy atom. The second-order valence-corrected chi connectivity index (χ2v) is 4.07. The molecule has 0 aliphatic carbocycles. The third-order valence-electron chi connectivity index (χ3n) is 2.59. The molecule has 0 aromatic heterocycles. The molecule has 3 N–H and O–H groups in total. The summed E-state index contributed by atoms with van der Waals surface area (Å²) in [6.07, 6.45) is 0. The Bertz CT molecular complexity index is 502. The SMILES string of the molecule is CCOc1ccc(C(=O)N[C@@H](CO)C(=O)O)cc1OCC. The van der Waals surface area contributed by atoms with Crippen LogP contribution in [0.5, 0.6) is 11.5 Å². The normalized spacial score (nSPS) is 11.6. The van der Waals surface area contributed by atoms with Crippen molar-refractivity contribution in [2.45, 2.75) is 19.9 Å². The zero-order chi connectivity index (χ0) is 15.8. The van der Waals surface area contributed by atoms with E-state index in [1.54, 1.807) is 13.0 Å². The lowest BCUT2D eigenvalue weighted by molar-refractivity contribution is -0.140. The van der Waals surface area contributed by atoms with Gasteiger partial charge in [0, 0.05) is 5.56 Å². The van der Waals surface area contributed by atoms with E-state index in [0.29, 0.717) is 24.7 Å². The molecule has 21 heavy (non-hydrogen) atoms. The van der Waals surface area contributed by atoms with E-state index in [1.807, 2.05) is 6.92 Å². The molecule has 0 radical (unpaired) electrons. The number of benzene rings is 1. The molecule has 1 aromatic carbocycles. The molecule has 0 spiro atoms. The largest absolute Gasteiger partial charge is 0.490 e. The number of carboxylic acid groups (broad SMARTS) is 1. The molecular weight excluding hydrogens is 278 g/mol. The van der Waals surface area contributed by atoms with Gasteiger partial charge in [0.2, 0.25) is 0 Å². The summed E-state index contributed by atoms with van der Waals surface area (Å²) >= 11 is 0. The maximum Gasteiger partial charge on any atom is 0.328 e. The first-order valence-corrected chi connectivity index (χ1v) is 6.57. The predicted molar refractivity (Wildman–Crippen MR) is 74.8 cm³/mol. The Morgan fingerprint density at radius 2 is 1.81 bits per heavy atom. The van der Waals surface area contributed by atoms with Crippen LogP contribution in [0.3, 0.4) is 0 Å². The Balaban J connectivity index is 2.94. The zero-order valence-corrected chi connectivity index (χ0v) is 12.0. The molecule has 1 atom stereocenters. The topological polar surface area (TPSA) is 105 Å². The summed E-state index contributed by atoms with van der Waals surface area (Å²) < 4.78 is 10.8. The van der Waals surface area contributed by atoms with E-state index in [0.717, 1.165) is 0 Å². The van der Waals surface area contributed by atoms with Crippen LogP contribution in [-0.2, 0) is 4.79 Å². The fourth-order valence-electron chi connectivity index (χ4n) is 1.62. The van der Waals surface area contributed by atoms with Gasteiger partial charge >= 0.3 is 5.97 Å². The summed E-state index contributed by atoms with van der Waals surface area (Å²) in [6.45, 7) is 3.80. The maximum atomic E-state index is 12.0. The van der Waals surface area contributed by atoms with Gasteiger partial charge in [-0.25, -0.2) is 4.79 Å². The Hall–Kier alpha value is -2.28. The molecule has 1 rings (SSSR count). The second-order valence-electron chi connectivity index (χ2n) is 4.07. The number of ether oxygens (including phenoxy) is 2. The molecule has 7 nitrogen and oxygen atoms in total. The molecule has 116 valence electrons. The summed E-state index contributed by atoms with van der Waals surface area (Å²) in [5, 5.41) is 19.9. The lowest BCUT2D eigenvalue weighted by Crippen LogP contribution is -2.43. The van der Waals surface area contributed by atoms with Gasteiger partial charge in [-0.3, -0.25) is 4.79 Å². The number of carbonyl (C=O) groups excluding carboxylic acids is 1. The van der Waals surface area contributed by atoms with E-state index in [1.165, 1.54) is 12.1 Å². The van der Waals surface area contributed by atoms with Gasteiger partial charge in [0.15, 0.2) is 17.5 Å². The van der Waals surface area contributed by atoms with Crippen LogP contribution >= 0.6 is 0 Å². The van der Waals surface area contributed by atoms with Crippen molar-refractivity contribution in [1.29, 1.82) is 0 Å². The smallest absolute Gasteiger partial charge is 0.328 e. The number of aliphatic hydroxyl groups is 1. The van der Waals surface area contributed by atoms with Gasteiger partial charge in [-0.1, -0.05) is 0 Å². The number of amides is 1. The molecule has 0 unspecified atom stereocenters. The average molecular weight is 297 g/mol. The van der Waals surface area contributed by atoms with Gasteiger partial charge in [0.1, 0.15) is 0 Å². The number of hydrogen-bond acceptors (Lipinski definition) is 5. The van der Waals surface area contributed by atoms with Crippen molar-refractivity contribution in [2.24, 2.45) is 0 Å². The lowest BCUT2D eigenvalue weighted by Gasteiger charge is -2.14. The minimum Gasteiger partial charge on any atom is -0.490 e. The van der Waals surface area contributed by atoms with Crippen molar-refractivity contribution >= 4 is 11.9 Å². The minimum absolute atomic E-state index is 0.224. The van der Waals surface area contributed by atoms with Crippen LogP contribution in [0, 0.1) is 0 Å². The first kappa shape index (κ1) is 16.8. The first-order chi connectivity index (χ1) is 10.0. The predicted octanol–water partition coefficient (Wildman–Crippen LogP) is 0.659. The molecular formula is C14H19NO6. The first-order valence-electron chi connectivity index (χ1n) is 6.57. The molecule has 0 aliphatic rings. The van der Waals surface area contributed by atoms with E-state index >= 15 is 0 Å².